The molecule has 0 amide bonds. The van der Waals surface area contributed by atoms with E-state index in [9.17, 15) is 4.79 Å². The summed E-state index contributed by atoms with van der Waals surface area (Å²) in [4.78, 5) is 15.0. The molecule has 6 nitrogen and oxygen atoms in total. The zero-order chi connectivity index (χ0) is 22.1. The maximum absolute atomic E-state index is 11.1. The summed E-state index contributed by atoms with van der Waals surface area (Å²) in [7, 11) is 3.08. The van der Waals surface area contributed by atoms with Gasteiger partial charge in [0.05, 0.1) is 31.2 Å². The zero-order valence-corrected chi connectivity index (χ0v) is 17.6. The Kier molecular flexibility index (Phi) is 7.50. The molecule has 3 aromatic rings. The number of rotatable bonds is 4. The fraction of sp³-hybridized carbons (Fsp3) is 0.200. The SMILES string of the molecule is C#Cc1ccc(Nc2ccc3c(c2)OCCC3)cc1.CNc1cnccc1C(=O)OC. The van der Waals surface area contributed by atoms with Crippen molar-refractivity contribution in [1.29, 1.82) is 0 Å². The van der Waals surface area contributed by atoms with Crippen molar-refractivity contribution in [1.82, 2.24) is 4.98 Å². The van der Waals surface area contributed by atoms with Crippen molar-refractivity contribution in [2.75, 3.05) is 31.4 Å². The van der Waals surface area contributed by atoms with Gasteiger partial charge in [-0.2, -0.15) is 0 Å². The van der Waals surface area contributed by atoms with Crippen molar-refractivity contribution >= 4 is 23.0 Å². The number of carbonyl (C=O) groups is 1. The van der Waals surface area contributed by atoms with Gasteiger partial charge in [-0.3, -0.25) is 4.98 Å². The second-order valence-corrected chi connectivity index (χ2v) is 6.78. The largest absolute Gasteiger partial charge is 0.493 e. The predicted octanol–water partition coefficient (Wildman–Crippen LogP) is 4.65. The number of methoxy groups -OCH3 is 1. The Morgan fingerprint density at radius 2 is 1.94 bits per heavy atom. The van der Waals surface area contributed by atoms with Crippen molar-refractivity contribution in [3.63, 3.8) is 0 Å². The average molecular weight is 415 g/mol. The van der Waals surface area contributed by atoms with E-state index in [4.69, 9.17) is 11.2 Å². The second-order valence-electron chi connectivity index (χ2n) is 6.78. The highest BCUT2D eigenvalue weighted by Crippen LogP contribution is 2.29. The number of fused-ring (bicyclic) bond motifs is 1. The molecule has 0 unspecified atom stereocenters. The molecule has 0 radical (unpaired) electrons. The minimum atomic E-state index is -0.359. The van der Waals surface area contributed by atoms with E-state index in [1.807, 2.05) is 24.3 Å². The van der Waals surface area contributed by atoms with Crippen LogP contribution in [0.2, 0.25) is 0 Å². The first-order chi connectivity index (χ1) is 15.1. The Morgan fingerprint density at radius 3 is 2.65 bits per heavy atom. The van der Waals surface area contributed by atoms with Crippen molar-refractivity contribution in [3.05, 3.63) is 77.6 Å². The molecule has 2 heterocycles. The van der Waals surface area contributed by atoms with Crippen LogP contribution in [-0.2, 0) is 11.2 Å². The summed E-state index contributed by atoms with van der Waals surface area (Å²) < 4.78 is 10.2. The molecule has 2 N–H and O–H groups in total. The fourth-order valence-corrected chi connectivity index (χ4v) is 3.12. The van der Waals surface area contributed by atoms with Crippen LogP contribution in [0.3, 0.4) is 0 Å². The van der Waals surface area contributed by atoms with Gasteiger partial charge in [-0.1, -0.05) is 12.0 Å². The normalized spacial score (nSPS) is 11.5. The molecule has 1 aliphatic heterocycles. The van der Waals surface area contributed by atoms with Crippen LogP contribution in [-0.4, -0.2) is 31.7 Å². The van der Waals surface area contributed by atoms with E-state index in [0.29, 0.717) is 11.3 Å². The molecular weight excluding hydrogens is 390 g/mol. The van der Waals surface area contributed by atoms with Crippen LogP contribution < -0.4 is 15.4 Å². The number of nitrogens with one attached hydrogen (secondary N) is 2. The molecule has 31 heavy (non-hydrogen) atoms. The van der Waals surface area contributed by atoms with Crippen LogP contribution in [0.5, 0.6) is 5.75 Å². The summed E-state index contributed by atoms with van der Waals surface area (Å²) in [5.74, 6) is 3.25. The van der Waals surface area contributed by atoms with Gasteiger partial charge in [0.2, 0.25) is 0 Å². The zero-order valence-electron chi connectivity index (χ0n) is 17.6. The van der Waals surface area contributed by atoms with Gasteiger partial charge in [0, 0.05) is 36.2 Å². The summed E-state index contributed by atoms with van der Waals surface area (Å²) in [5, 5.41) is 6.20. The number of terminal acetylenes is 1. The van der Waals surface area contributed by atoms with Gasteiger partial charge in [0.1, 0.15) is 5.75 Å². The maximum Gasteiger partial charge on any atom is 0.340 e. The quantitative estimate of drug-likeness (QED) is 0.478. The first-order valence-corrected chi connectivity index (χ1v) is 9.94. The van der Waals surface area contributed by atoms with Gasteiger partial charge in [-0.05, 0) is 54.8 Å². The minimum Gasteiger partial charge on any atom is -0.493 e. The van der Waals surface area contributed by atoms with Crippen LogP contribution in [0.1, 0.15) is 27.9 Å². The van der Waals surface area contributed by atoms with E-state index >= 15 is 0 Å². The number of aromatic nitrogens is 1. The van der Waals surface area contributed by atoms with Gasteiger partial charge in [0.15, 0.2) is 0 Å². The highest BCUT2D eigenvalue weighted by molar-refractivity contribution is 5.95. The fourth-order valence-electron chi connectivity index (χ4n) is 3.12. The number of esters is 1. The lowest BCUT2D eigenvalue weighted by Gasteiger charge is -2.18. The number of hydrogen-bond acceptors (Lipinski definition) is 6. The topological polar surface area (TPSA) is 72.5 Å². The van der Waals surface area contributed by atoms with Gasteiger partial charge >= 0.3 is 5.97 Å². The van der Waals surface area contributed by atoms with E-state index in [0.717, 1.165) is 42.1 Å². The molecule has 158 valence electrons. The Bertz CT molecular complexity index is 1070. The monoisotopic (exact) mass is 415 g/mol. The lowest BCUT2D eigenvalue weighted by molar-refractivity contribution is 0.0601. The number of aryl methyl sites for hydroxylation is 1. The van der Waals surface area contributed by atoms with Gasteiger partial charge in [-0.15, -0.1) is 6.42 Å². The number of anilines is 3. The van der Waals surface area contributed by atoms with Gasteiger partial charge in [-0.25, -0.2) is 4.79 Å². The maximum atomic E-state index is 11.1. The van der Waals surface area contributed by atoms with E-state index in [1.165, 1.54) is 12.7 Å². The van der Waals surface area contributed by atoms with E-state index in [1.54, 1.807) is 25.5 Å². The van der Waals surface area contributed by atoms with Crippen LogP contribution in [0.4, 0.5) is 17.1 Å². The molecular formula is C25H25N3O3. The third kappa shape index (κ3) is 5.77. The molecule has 0 aliphatic carbocycles. The van der Waals surface area contributed by atoms with Crippen LogP contribution >= 0.6 is 0 Å². The number of carbonyl (C=O) groups excluding carboxylic acids is 1. The smallest absolute Gasteiger partial charge is 0.340 e. The molecule has 0 spiro atoms. The molecule has 0 fully saturated rings. The minimum absolute atomic E-state index is 0.359. The van der Waals surface area contributed by atoms with Crippen LogP contribution in [0.15, 0.2) is 60.9 Å². The molecule has 0 saturated carbocycles. The Hall–Kier alpha value is -3.98. The number of hydrogen-bond donors (Lipinski definition) is 2. The summed E-state index contributed by atoms with van der Waals surface area (Å²) in [6.45, 7) is 0.813. The van der Waals surface area contributed by atoms with E-state index in [2.05, 4.69) is 44.5 Å². The highest BCUT2D eigenvalue weighted by atomic mass is 16.5. The number of pyridine rings is 1. The van der Waals surface area contributed by atoms with E-state index < -0.39 is 0 Å². The first-order valence-electron chi connectivity index (χ1n) is 9.94. The van der Waals surface area contributed by atoms with Crippen molar-refractivity contribution in [2.24, 2.45) is 0 Å². The lowest BCUT2D eigenvalue weighted by atomic mass is 10.1. The second kappa shape index (κ2) is 10.7. The van der Waals surface area contributed by atoms with Crippen LogP contribution in [0, 0.1) is 12.3 Å². The summed E-state index contributed by atoms with van der Waals surface area (Å²) in [6, 6.07) is 15.7. The molecule has 6 heteroatoms. The van der Waals surface area contributed by atoms with Crippen molar-refractivity contribution in [2.45, 2.75) is 12.8 Å². The summed E-state index contributed by atoms with van der Waals surface area (Å²) >= 11 is 0. The molecule has 0 saturated heterocycles. The Morgan fingerprint density at radius 1 is 1.16 bits per heavy atom. The van der Waals surface area contributed by atoms with Crippen molar-refractivity contribution in [3.8, 4) is 18.1 Å². The average Bonchev–Trinajstić information content (AvgIpc) is 2.84. The summed E-state index contributed by atoms with van der Waals surface area (Å²) in [6.07, 6.45) is 10.7. The molecule has 4 rings (SSSR count). The molecule has 1 aromatic heterocycles. The summed E-state index contributed by atoms with van der Waals surface area (Å²) in [5.41, 5.74) is 5.40. The number of ether oxygens (including phenoxy) is 2. The first kappa shape index (κ1) is 21.7. The third-order valence-electron chi connectivity index (χ3n) is 4.75. The molecule has 0 bridgehead atoms. The van der Waals surface area contributed by atoms with Gasteiger partial charge < -0.3 is 20.1 Å². The third-order valence-corrected chi connectivity index (χ3v) is 4.75. The van der Waals surface area contributed by atoms with Crippen molar-refractivity contribution < 1.29 is 14.3 Å². The predicted molar refractivity (Wildman–Crippen MR) is 123 cm³/mol. The Labute approximate surface area is 182 Å². The van der Waals surface area contributed by atoms with Crippen LogP contribution in [0.25, 0.3) is 0 Å². The Balaban J connectivity index is 0.000000196. The van der Waals surface area contributed by atoms with Gasteiger partial charge in [0.25, 0.3) is 0 Å². The van der Waals surface area contributed by atoms with E-state index in [-0.39, 0.29) is 5.97 Å². The standard InChI is InChI=1S/C17H15NO.C8H10N2O2/c1-2-13-5-8-15(9-6-13)18-16-10-7-14-4-3-11-19-17(14)12-16;1-9-7-5-10-4-3-6(7)8(11)12-2/h1,5-10,12,18H,3-4,11H2;3-5,9H,1-2H3. The molecule has 1 aliphatic rings. The number of nitrogens with zero attached hydrogens (tertiary/aromatic N) is 1. The molecule has 0 atom stereocenters. The highest BCUT2D eigenvalue weighted by Gasteiger charge is 2.11. The molecule has 2 aromatic carbocycles. The lowest BCUT2D eigenvalue weighted by Crippen LogP contribution is -2.08. The number of benzene rings is 2.